The first kappa shape index (κ1) is 16.4. The Labute approximate surface area is 155 Å². The molecule has 0 N–H and O–H groups in total. The van der Waals surface area contributed by atoms with E-state index in [9.17, 15) is 4.79 Å². The normalized spacial score (nSPS) is 17.4. The van der Waals surface area contributed by atoms with E-state index in [0.29, 0.717) is 30.8 Å². The van der Waals surface area contributed by atoms with Gasteiger partial charge in [0, 0.05) is 44.2 Å². The largest absolute Gasteiger partial charge is 0.378 e. The van der Waals surface area contributed by atoms with Gasteiger partial charge in [-0.25, -0.2) is 9.67 Å². The lowest BCUT2D eigenvalue weighted by Gasteiger charge is -2.40. The number of ether oxygens (including phenoxy) is 1. The predicted octanol–water partition coefficient (Wildman–Crippen LogP) is 0.841. The van der Waals surface area contributed by atoms with Crippen LogP contribution in [0.3, 0.4) is 0 Å². The van der Waals surface area contributed by atoms with Gasteiger partial charge in [0.1, 0.15) is 12.1 Å². The Morgan fingerprint density at radius 2 is 2.11 bits per heavy atom. The van der Waals surface area contributed by atoms with E-state index in [2.05, 4.69) is 25.1 Å². The topological polar surface area (TPSA) is 90.4 Å². The van der Waals surface area contributed by atoms with Crippen molar-refractivity contribution in [1.82, 2.24) is 29.4 Å². The fraction of sp³-hybridized carbons (Fsp3) is 0.500. The SMILES string of the molecule is COCc1cc(N2CC(Cn3nc(C4CC4)ccc3=O)C2)n2ncnc2n1. The molecular formula is C18H21N7O2. The van der Waals surface area contributed by atoms with Crippen LogP contribution in [0, 0.1) is 5.92 Å². The van der Waals surface area contributed by atoms with E-state index < -0.39 is 0 Å². The van der Waals surface area contributed by atoms with Gasteiger partial charge in [-0.15, -0.1) is 0 Å². The Kier molecular flexibility index (Phi) is 3.89. The Morgan fingerprint density at radius 3 is 2.89 bits per heavy atom. The Bertz CT molecular complexity index is 1030. The molecule has 2 aliphatic rings. The first-order chi connectivity index (χ1) is 13.2. The van der Waals surface area contributed by atoms with Crippen molar-refractivity contribution in [2.45, 2.75) is 31.9 Å². The van der Waals surface area contributed by atoms with E-state index in [1.807, 2.05) is 12.1 Å². The molecule has 0 radical (unpaired) electrons. The van der Waals surface area contributed by atoms with Crippen LogP contribution in [0.4, 0.5) is 5.82 Å². The molecule has 2 fully saturated rings. The van der Waals surface area contributed by atoms with Crippen LogP contribution in [0.1, 0.15) is 30.1 Å². The van der Waals surface area contributed by atoms with E-state index in [0.717, 1.165) is 30.3 Å². The first-order valence-corrected chi connectivity index (χ1v) is 9.23. The molecule has 0 atom stereocenters. The summed E-state index contributed by atoms with van der Waals surface area (Å²) in [6.45, 7) is 2.76. The number of hydrogen-bond acceptors (Lipinski definition) is 7. The van der Waals surface area contributed by atoms with Crippen LogP contribution in [0.25, 0.3) is 5.78 Å². The molecule has 5 rings (SSSR count). The third-order valence-electron chi connectivity index (χ3n) is 5.17. The molecule has 0 unspecified atom stereocenters. The lowest BCUT2D eigenvalue weighted by atomic mass is 10.0. The van der Waals surface area contributed by atoms with Crippen LogP contribution in [0.15, 0.2) is 29.3 Å². The van der Waals surface area contributed by atoms with Crippen molar-refractivity contribution in [3.63, 3.8) is 0 Å². The zero-order valence-corrected chi connectivity index (χ0v) is 15.2. The molecule has 1 aliphatic heterocycles. The second-order valence-corrected chi connectivity index (χ2v) is 7.33. The molecule has 1 aliphatic carbocycles. The van der Waals surface area contributed by atoms with Crippen LogP contribution in [-0.2, 0) is 17.9 Å². The lowest BCUT2D eigenvalue weighted by molar-refractivity contribution is 0.181. The first-order valence-electron chi connectivity index (χ1n) is 9.23. The molecule has 9 nitrogen and oxygen atoms in total. The molecule has 9 heteroatoms. The minimum absolute atomic E-state index is 0.0252. The highest BCUT2D eigenvalue weighted by Crippen LogP contribution is 2.38. The maximum absolute atomic E-state index is 12.1. The monoisotopic (exact) mass is 367 g/mol. The molecule has 1 saturated heterocycles. The molecule has 0 spiro atoms. The van der Waals surface area contributed by atoms with Crippen molar-refractivity contribution in [3.05, 3.63) is 46.3 Å². The molecule has 3 aromatic heterocycles. The van der Waals surface area contributed by atoms with Gasteiger partial charge in [-0.2, -0.15) is 19.7 Å². The second kappa shape index (κ2) is 6.41. The highest BCUT2D eigenvalue weighted by atomic mass is 16.5. The second-order valence-electron chi connectivity index (χ2n) is 7.33. The Hall–Kier alpha value is -2.81. The third kappa shape index (κ3) is 3.08. The quantitative estimate of drug-likeness (QED) is 0.638. The zero-order chi connectivity index (χ0) is 18.4. The number of fused-ring (bicyclic) bond motifs is 1. The van der Waals surface area contributed by atoms with Gasteiger partial charge in [0.15, 0.2) is 0 Å². The van der Waals surface area contributed by atoms with Crippen LogP contribution in [0.5, 0.6) is 0 Å². The molecule has 1 saturated carbocycles. The maximum atomic E-state index is 12.1. The molecule has 0 bridgehead atoms. The van der Waals surface area contributed by atoms with E-state index >= 15 is 0 Å². The van der Waals surface area contributed by atoms with Crippen molar-refractivity contribution in [1.29, 1.82) is 0 Å². The highest BCUT2D eigenvalue weighted by molar-refractivity contribution is 5.49. The standard InChI is InChI=1S/C18H21N7O2/c1-27-10-14-6-16(25-18(21-14)19-11-20-25)23-7-12(8-23)9-24-17(26)5-4-15(22-24)13-2-3-13/h4-6,11-13H,2-3,7-10H2,1H3. The minimum atomic E-state index is -0.0252. The van der Waals surface area contributed by atoms with Gasteiger partial charge in [0.2, 0.25) is 0 Å². The van der Waals surface area contributed by atoms with Crippen LogP contribution in [0.2, 0.25) is 0 Å². The van der Waals surface area contributed by atoms with Gasteiger partial charge in [0.25, 0.3) is 11.3 Å². The number of hydrogen-bond donors (Lipinski definition) is 0. The molecule has 140 valence electrons. The fourth-order valence-electron chi connectivity index (χ4n) is 3.60. The predicted molar refractivity (Wildman–Crippen MR) is 97.7 cm³/mol. The van der Waals surface area contributed by atoms with Crippen molar-refractivity contribution in [2.24, 2.45) is 5.92 Å². The molecular weight excluding hydrogens is 346 g/mol. The molecule has 27 heavy (non-hydrogen) atoms. The summed E-state index contributed by atoms with van der Waals surface area (Å²) in [6, 6.07) is 5.51. The fourth-order valence-corrected chi connectivity index (χ4v) is 3.60. The number of anilines is 1. The molecule has 0 aromatic carbocycles. The summed E-state index contributed by atoms with van der Waals surface area (Å²) in [5, 5.41) is 8.84. The van der Waals surface area contributed by atoms with Crippen LogP contribution < -0.4 is 10.5 Å². The lowest BCUT2D eigenvalue weighted by Crippen LogP contribution is -2.50. The Balaban J connectivity index is 1.32. The summed E-state index contributed by atoms with van der Waals surface area (Å²) in [7, 11) is 1.65. The van der Waals surface area contributed by atoms with Crippen molar-refractivity contribution in [3.8, 4) is 0 Å². The van der Waals surface area contributed by atoms with E-state index in [4.69, 9.17) is 4.74 Å². The third-order valence-corrected chi connectivity index (χ3v) is 5.17. The van der Waals surface area contributed by atoms with Gasteiger partial charge in [-0.05, 0) is 18.9 Å². The average Bonchev–Trinajstić information content (AvgIpc) is 3.37. The van der Waals surface area contributed by atoms with Crippen LogP contribution in [-0.4, -0.2) is 49.6 Å². The van der Waals surface area contributed by atoms with Crippen LogP contribution >= 0.6 is 0 Å². The molecule has 4 heterocycles. The number of methoxy groups -OCH3 is 1. The van der Waals surface area contributed by atoms with Gasteiger partial charge < -0.3 is 9.64 Å². The van der Waals surface area contributed by atoms with Gasteiger partial charge >= 0.3 is 0 Å². The van der Waals surface area contributed by atoms with Gasteiger partial charge in [-0.1, -0.05) is 0 Å². The van der Waals surface area contributed by atoms with Gasteiger partial charge in [0.05, 0.1) is 24.5 Å². The smallest absolute Gasteiger partial charge is 0.266 e. The highest BCUT2D eigenvalue weighted by Gasteiger charge is 2.31. The maximum Gasteiger partial charge on any atom is 0.266 e. The van der Waals surface area contributed by atoms with E-state index in [-0.39, 0.29) is 5.56 Å². The zero-order valence-electron chi connectivity index (χ0n) is 15.2. The number of nitrogens with zero attached hydrogens (tertiary/aromatic N) is 7. The summed E-state index contributed by atoms with van der Waals surface area (Å²) in [6.07, 6.45) is 3.87. The average molecular weight is 367 g/mol. The molecule has 3 aromatic rings. The van der Waals surface area contributed by atoms with E-state index in [1.54, 1.807) is 22.4 Å². The summed E-state index contributed by atoms with van der Waals surface area (Å²) in [4.78, 5) is 23.0. The summed E-state index contributed by atoms with van der Waals surface area (Å²) in [5.74, 6) is 2.44. The summed E-state index contributed by atoms with van der Waals surface area (Å²) >= 11 is 0. The van der Waals surface area contributed by atoms with Gasteiger partial charge in [-0.3, -0.25) is 4.79 Å². The Morgan fingerprint density at radius 1 is 1.26 bits per heavy atom. The number of aromatic nitrogens is 6. The molecule has 0 amide bonds. The van der Waals surface area contributed by atoms with E-state index in [1.165, 1.54) is 19.2 Å². The van der Waals surface area contributed by atoms with Crippen molar-refractivity contribution < 1.29 is 4.74 Å². The van der Waals surface area contributed by atoms with Crippen molar-refractivity contribution in [2.75, 3.05) is 25.1 Å². The number of rotatable bonds is 6. The van der Waals surface area contributed by atoms with Crippen molar-refractivity contribution >= 4 is 11.6 Å². The minimum Gasteiger partial charge on any atom is -0.378 e. The summed E-state index contributed by atoms with van der Waals surface area (Å²) < 4.78 is 8.58. The summed E-state index contributed by atoms with van der Waals surface area (Å²) in [5.41, 5.74) is 1.85.